The first kappa shape index (κ1) is 20.8. The zero-order valence-electron chi connectivity index (χ0n) is 16.4. The van der Waals surface area contributed by atoms with Gasteiger partial charge in [0.25, 0.3) is 5.91 Å². The van der Waals surface area contributed by atoms with Crippen molar-refractivity contribution in [1.82, 2.24) is 4.90 Å². The van der Waals surface area contributed by atoms with E-state index in [2.05, 4.69) is 6.92 Å². The number of nitrogens with zero attached hydrogens (tertiary/aromatic N) is 2. The number of carbonyl (C=O) groups is 1. The summed E-state index contributed by atoms with van der Waals surface area (Å²) in [6, 6.07) is 16.9. The third kappa shape index (κ3) is 4.19. The van der Waals surface area contributed by atoms with Crippen LogP contribution in [0.25, 0.3) is 17.4 Å². The van der Waals surface area contributed by atoms with Crippen molar-refractivity contribution in [2.24, 2.45) is 4.99 Å². The number of benzene rings is 2. The third-order valence-corrected chi connectivity index (χ3v) is 6.50. The lowest BCUT2D eigenvalue weighted by Crippen LogP contribution is -2.23. The molecule has 0 atom stereocenters. The maximum Gasteiger partial charge on any atom is 0.266 e. The number of halogens is 2. The summed E-state index contributed by atoms with van der Waals surface area (Å²) in [4.78, 5) is 19.5. The summed E-state index contributed by atoms with van der Waals surface area (Å²) in [6.45, 7) is 2.09. The second-order valence-electron chi connectivity index (χ2n) is 6.68. The van der Waals surface area contributed by atoms with Crippen LogP contribution in [0.5, 0.6) is 0 Å². The van der Waals surface area contributed by atoms with Gasteiger partial charge in [0.05, 0.1) is 20.6 Å². The standard InChI is InChI=1S/C23H18Cl2N2O2S/c1-3-14-6-4-5-7-19(14)26-23-27(2)22(28)21(30-23)13-16-9-11-20(29-16)15-8-10-17(24)18(25)12-15/h4-13H,3H2,1-2H3/b21-13+,26-23?. The van der Waals surface area contributed by atoms with Gasteiger partial charge in [-0.05, 0) is 60.1 Å². The Hall–Kier alpha value is -2.47. The summed E-state index contributed by atoms with van der Waals surface area (Å²) < 4.78 is 5.90. The van der Waals surface area contributed by atoms with E-state index in [1.54, 1.807) is 30.2 Å². The molecule has 2 heterocycles. The summed E-state index contributed by atoms with van der Waals surface area (Å²) in [5.41, 5.74) is 2.83. The molecule has 1 saturated heterocycles. The van der Waals surface area contributed by atoms with Crippen molar-refractivity contribution < 1.29 is 9.21 Å². The highest BCUT2D eigenvalue weighted by atomic mass is 35.5. The lowest BCUT2D eigenvalue weighted by atomic mass is 10.1. The van der Waals surface area contributed by atoms with E-state index in [9.17, 15) is 4.79 Å². The second-order valence-corrected chi connectivity index (χ2v) is 8.51. The van der Waals surface area contributed by atoms with Gasteiger partial charge in [-0.1, -0.05) is 48.3 Å². The first-order valence-electron chi connectivity index (χ1n) is 9.35. The number of thioether (sulfide) groups is 1. The molecule has 2 aromatic carbocycles. The van der Waals surface area contributed by atoms with Crippen LogP contribution in [0.2, 0.25) is 10.0 Å². The Morgan fingerprint density at radius 2 is 1.90 bits per heavy atom. The molecule has 1 fully saturated rings. The highest BCUT2D eigenvalue weighted by Gasteiger charge is 2.30. The van der Waals surface area contributed by atoms with Crippen LogP contribution in [0.3, 0.4) is 0 Å². The highest BCUT2D eigenvalue weighted by Crippen LogP contribution is 2.35. The molecule has 4 rings (SSSR count). The molecule has 1 aliphatic heterocycles. The molecule has 0 saturated carbocycles. The molecule has 4 nitrogen and oxygen atoms in total. The lowest BCUT2D eigenvalue weighted by molar-refractivity contribution is -0.121. The van der Waals surface area contributed by atoms with Crippen molar-refractivity contribution in [3.8, 4) is 11.3 Å². The molecule has 30 heavy (non-hydrogen) atoms. The van der Waals surface area contributed by atoms with E-state index in [0.29, 0.717) is 31.6 Å². The number of amides is 1. The Morgan fingerprint density at radius 1 is 1.10 bits per heavy atom. The normalized spacial score (nSPS) is 16.8. The molecule has 152 valence electrons. The average molecular weight is 457 g/mol. The van der Waals surface area contributed by atoms with E-state index in [0.717, 1.165) is 23.2 Å². The summed E-state index contributed by atoms with van der Waals surface area (Å²) in [6.07, 6.45) is 2.61. The van der Waals surface area contributed by atoms with Gasteiger partial charge >= 0.3 is 0 Å². The molecule has 1 aromatic heterocycles. The SMILES string of the molecule is CCc1ccccc1N=C1S/C(=C/c2ccc(-c3ccc(Cl)c(Cl)c3)o2)C(=O)N1C. The Labute approximate surface area is 189 Å². The van der Waals surface area contributed by atoms with Crippen LogP contribution < -0.4 is 0 Å². The Bertz CT molecular complexity index is 1180. The van der Waals surface area contributed by atoms with Crippen molar-refractivity contribution in [3.63, 3.8) is 0 Å². The van der Waals surface area contributed by atoms with E-state index >= 15 is 0 Å². The van der Waals surface area contributed by atoms with Crippen LogP contribution >= 0.6 is 35.0 Å². The molecule has 0 spiro atoms. The molecule has 1 aliphatic rings. The van der Waals surface area contributed by atoms with Gasteiger partial charge in [-0.2, -0.15) is 0 Å². The van der Waals surface area contributed by atoms with Crippen molar-refractivity contribution in [1.29, 1.82) is 0 Å². The maximum absolute atomic E-state index is 12.7. The van der Waals surface area contributed by atoms with Crippen LogP contribution in [-0.4, -0.2) is 23.0 Å². The zero-order chi connectivity index (χ0) is 21.3. The van der Waals surface area contributed by atoms with E-state index in [1.165, 1.54) is 11.8 Å². The summed E-state index contributed by atoms with van der Waals surface area (Å²) >= 11 is 13.4. The Kier molecular flexibility index (Phi) is 6.04. The van der Waals surface area contributed by atoms with Gasteiger partial charge in [0, 0.05) is 18.7 Å². The average Bonchev–Trinajstić information content (AvgIpc) is 3.31. The first-order chi connectivity index (χ1) is 14.5. The molecule has 7 heteroatoms. The van der Waals surface area contributed by atoms with E-state index in [1.807, 2.05) is 42.5 Å². The first-order valence-corrected chi connectivity index (χ1v) is 10.9. The number of hydrogen-bond acceptors (Lipinski definition) is 4. The molecular formula is C23H18Cl2N2O2S. The smallest absolute Gasteiger partial charge is 0.266 e. The number of rotatable bonds is 4. The molecule has 3 aromatic rings. The number of likely N-dealkylation sites (N-methyl/N-ethyl adjacent to an activating group) is 1. The fourth-order valence-electron chi connectivity index (χ4n) is 3.04. The highest BCUT2D eigenvalue weighted by molar-refractivity contribution is 8.18. The van der Waals surface area contributed by atoms with Crippen LogP contribution in [0, 0.1) is 0 Å². The summed E-state index contributed by atoms with van der Waals surface area (Å²) in [5.74, 6) is 1.12. The van der Waals surface area contributed by atoms with Gasteiger partial charge in [-0.15, -0.1) is 0 Å². The van der Waals surface area contributed by atoms with Crippen LogP contribution in [0.1, 0.15) is 18.2 Å². The molecular weight excluding hydrogens is 439 g/mol. The maximum atomic E-state index is 12.7. The number of amidine groups is 1. The van der Waals surface area contributed by atoms with Crippen molar-refractivity contribution >= 4 is 57.8 Å². The predicted octanol–water partition coefficient (Wildman–Crippen LogP) is 7.05. The van der Waals surface area contributed by atoms with Crippen LogP contribution in [0.4, 0.5) is 5.69 Å². The minimum absolute atomic E-state index is 0.111. The molecule has 0 aliphatic carbocycles. The Balaban J connectivity index is 1.60. The van der Waals surface area contributed by atoms with Gasteiger partial charge in [0.1, 0.15) is 11.5 Å². The number of carbonyl (C=O) groups excluding carboxylic acids is 1. The van der Waals surface area contributed by atoms with Crippen LogP contribution in [0.15, 0.2) is 68.9 Å². The topological polar surface area (TPSA) is 45.8 Å². The quantitative estimate of drug-likeness (QED) is 0.395. The zero-order valence-corrected chi connectivity index (χ0v) is 18.7. The molecule has 0 unspecified atom stereocenters. The number of para-hydroxylation sites is 1. The minimum Gasteiger partial charge on any atom is -0.457 e. The largest absolute Gasteiger partial charge is 0.457 e. The number of aryl methyl sites for hydroxylation is 1. The van der Waals surface area contributed by atoms with Crippen LogP contribution in [-0.2, 0) is 11.2 Å². The fourth-order valence-corrected chi connectivity index (χ4v) is 4.30. The van der Waals surface area contributed by atoms with Crippen molar-refractivity contribution in [2.75, 3.05) is 7.05 Å². The van der Waals surface area contributed by atoms with Gasteiger partial charge in [-0.25, -0.2) is 4.99 Å². The summed E-state index contributed by atoms with van der Waals surface area (Å²) in [5, 5.41) is 1.59. The molecule has 0 radical (unpaired) electrons. The number of aliphatic imine (C=N–C) groups is 1. The monoisotopic (exact) mass is 456 g/mol. The number of hydrogen-bond donors (Lipinski definition) is 0. The van der Waals surface area contributed by atoms with Crippen molar-refractivity contribution in [3.05, 3.63) is 80.9 Å². The minimum atomic E-state index is -0.111. The van der Waals surface area contributed by atoms with Crippen molar-refractivity contribution in [2.45, 2.75) is 13.3 Å². The third-order valence-electron chi connectivity index (χ3n) is 4.70. The summed E-state index contributed by atoms with van der Waals surface area (Å²) in [7, 11) is 1.73. The predicted molar refractivity (Wildman–Crippen MR) is 125 cm³/mol. The van der Waals surface area contributed by atoms with Gasteiger partial charge < -0.3 is 4.42 Å². The van der Waals surface area contributed by atoms with E-state index in [-0.39, 0.29) is 5.91 Å². The molecule has 1 amide bonds. The van der Waals surface area contributed by atoms with E-state index in [4.69, 9.17) is 32.6 Å². The van der Waals surface area contributed by atoms with E-state index < -0.39 is 0 Å². The molecule has 0 N–H and O–H groups in total. The lowest BCUT2D eigenvalue weighted by Gasteiger charge is -2.08. The Morgan fingerprint density at radius 3 is 2.67 bits per heavy atom. The fraction of sp³-hybridized carbons (Fsp3) is 0.130. The molecule has 0 bridgehead atoms. The van der Waals surface area contributed by atoms with Gasteiger partial charge in [0.15, 0.2) is 5.17 Å². The number of furan rings is 1. The van der Waals surface area contributed by atoms with Gasteiger partial charge in [-0.3, -0.25) is 9.69 Å². The second kappa shape index (κ2) is 8.72. The van der Waals surface area contributed by atoms with Gasteiger partial charge in [0.2, 0.25) is 0 Å².